The third-order valence-electron chi connectivity index (χ3n) is 6.31. The number of amides is 3. The molecule has 13 heteroatoms. The van der Waals surface area contributed by atoms with Crippen molar-refractivity contribution in [3.63, 3.8) is 0 Å². The zero-order valence-corrected chi connectivity index (χ0v) is 20.0. The normalized spacial score (nSPS) is 17.1. The maximum Gasteiger partial charge on any atom is 0.433 e. The minimum Gasteiger partial charge on any atom is -0.486 e. The molecule has 0 saturated carbocycles. The number of anilines is 1. The average Bonchev–Trinajstić information content (AvgIpc) is 3.15. The molecule has 0 atom stereocenters. The van der Waals surface area contributed by atoms with Gasteiger partial charge in [0.1, 0.15) is 26.9 Å². The molecule has 5 rings (SSSR count). The van der Waals surface area contributed by atoms with Gasteiger partial charge in [0.25, 0.3) is 5.91 Å². The number of piperidine rings is 1. The van der Waals surface area contributed by atoms with Gasteiger partial charge in [0.15, 0.2) is 5.78 Å². The molecule has 1 spiro atoms. The molecule has 3 N–H and O–H groups in total. The number of carbonyl (C=O) groups is 3. The number of alkyl halides is 3. The van der Waals surface area contributed by atoms with E-state index in [1.54, 1.807) is 18.2 Å². The predicted octanol–water partition coefficient (Wildman–Crippen LogP) is 5.10. The van der Waals surface area contributed by atoms with E-state index in [0.717, 1.165) is 23.5 Å². The number of halogens is 4. The van der Waals surface area contributed by atoms with Crippen LogP contribution in [0.3, 0.4) is 0 Å². The quantitative estimate of drug-likeness (QED) is 0.471. The molecule has 2 aliphatic heterocycles. The van der Waals surface area contributed by atoms with E-state index >= 15 is 0 Å². The van der Waals surface area contributed by atoms with Crippen LogP contribution in [0.4, 0.5) is 23.0 Å². The van der Waals surface area contributed by atoms with Gasteiger partial charge in [-0.2, -0.15) is 13.2 Å². The summed E-state index contributed by atoms with van der Waals surface area (Å²) in [5.41, 5.74) is 3.78. The van der Waals surface area contributed by atoms with Gasteiger partial charge in [0, 0.05) is 36.3 Å². The predicted molar refractivity (Wildman–Crippen MR) is 127 cm³/mol. The topological polar surface area (TPSA) is 115 Å². The molecule has 188 valence electrons. The van der Waals surface area contributed by atoms with Crippen LogP contribution in [0.5, 0.6) is 5.75 Å². The van der Waals surface area contributed by atoms with E-state index in [2.05, 4.69) is 10.3 Å². The number of thiophene rings is 1. The van der Waals surface area contributed by atoms with Crippen molar-refractivity contribution >= 4 is 55.9 Å². The summed E-state index contributed by atoms with van der Waals surface area (Å²) in [5.74, 6) is -0.142. The molecule has 4 heterocycles. The van der Waals surface area contributed by atoms with E-state index in [1.807, 2.05) is 0 Å². The van der Waals surface area contributed by atoms with E-state index in [1.165, 1.54) is 4.90 Å². The van der Waals surface area contributed by atoms with Gasteiger partial charge in [-0.3, -0.25) is 14.9 Å². The first-order valence-electron chi connectivity index (χ1n) is 10.8. The molecule has 2 aromatic heterocycles. The summed E-state index contributed by atoms with van der Waals surface area (Å²) in [4.78, 5) is 42.9. The lowest BCUT2D eigenvalue weighted by atomic mass is 9.82. The number of nitrogens with zero attached hydrogens (tertiary/aromatic N) is 2. The Morgan fingerprint density at radius 3 is 2.58 bits per heavy atom. The number of aromatic nitrogens is 1. The van der Waals surface area contributed by atoms with E-state index in [0.29, 0.717) is 29.2 Å². The second-order valence-electron chi connectivity index (χ2n) is 8.66. The van der Waals surface area contributed by atoms with Crippen LogP contribution in [0, 0.1) is 0 Å². The lowest BCUT2D eigenvalue weighted by Crippen LogP contribution is -2.52. The number of Topliss-reactive ketones (excluding diaryl/α,β-unsaturated/α-hetero) is 1. The Morgan fingerprint density at radius 2 is 1.92 bits per heavy atom. The molecule has 3 aromatic rings. The largest absolute Gasteiger partial charge is 0.486 e. The van der Waals surface area contributed by atoms with Gasteiger partial charge < -0.3 is 15.4 Å². The first kappa shape index (κ1) is 24.3. The molecule has 3 amide bonds. The number of carbonyl (C=O) groups excluding carboxylic acids is 3. The number of pyridine rings is 1. The number of ether oxygens (including phenoxy) is 1. The zero-order chi connectivity index (χ0) is 25.8. The summed E-state index contributed by atoms with van der Waals surface area (Å²) < 4.78 is 45.6. The van der Waals surface area contributed by atoms with Crippen LogP contribution in [0.1, 0.15) is 45.7 Å². The third kappa shape index (κ3) is 4.35. The first-order valence-corrected chi connectivity index (χ1v) is 12.0. The van der Waals surface area contributed by atoms with E-state index in [-0.39, 0.29) is 46.1 Å². The molecule has 8 nitrogen and oxygen atoms in total. The van der Waals surface area contributed by atoms with Crippen molar-refractivity contribution in [2.75, 3.05) is 18.4 Å². The van der Waals surface area contributed by atoms with Crippen molar-refractivity contribution in [2.24, 2.45) is 5.73 Å². The second-order valence-corrected chi connectivity index (χ2v) is 10.1. The Balaban J connectivity index is 1.41. The number of ketones is 1. The van der Waals surface area contributed by atoms with Crippen molar-refractivity contribution in [3.8, 4) is 5.75 Å². The zero-order valence-electron chi connectivity index (χ0n) is 18.4. The number of nitrogens with two attached hydrogens (primary N) is 1. The van der Waals surface area contributed by atoms with Crippen molar-refractivity contribution in [1.29, 1.82) is 0 Å². The smallest absolute Gasteiger partial charge is 0.433 e. The highest BCUT2D eigenvalue weighted by Crippen LogP contribution is 2.42. The van der Waals surface area contributed by atoms with Crippen LogP contribution in [-0.4, -0.2) is 46.3 Å². The Kier molecular flexibility index (Phi) is 5.83. The molecule has 0 radical (unpaired) electrons. The van der Waals surface area contributed by atoms with E-state index in [9.17, 15) is 27.6 Å². The highest BCUT2D eigenvalue weighted by atomic mass is 35.5. The molecule has 1 fully saturated rings. The molecule has 2 aliphatic rings. The monoisotopic (exact) mass is 538 g/mol. The summed E-state index contributed by atoms with van der Waals surface area (Å²) >= 11 is 6.73. The van der Waals surface area contributed by atoms with Gasteiger partial charge in [-0.1, -0.05) is 22.9 Å². The third-order valence-corrected chi connectivity index (χ3v) is 7.56. The lowest BCUT2D eigenvalue weighted by Gasteiger charge is -2.44. The number of fused-ring (bicyclic) bond motifs is 2. The van der Waals surface area contributed by atoms with Crippen LogP contribution >= 0.6 is 22.9 Å². The fourth-order valence-corrected chi connectivity index (χ4v) is 5.81. The van der Waals surface area contributed by atoms with Gasteiger partial charge in [-0.25, -0.2) is 9.78 Å². The van der Waals surface area contributed by atoms with Gasteiger partial charge in [-0.15, -0.1) is 0 Å². The summed E-state index contributed by atoms with van der Waals surface area (Å²) in [6, 6.07) is 5.84. The van der Waals surface area contributed by atoms with Crippen molar-refractivity contribution in [2.45, 2.75) is 31.0 Å². The van der Waals surface area contributed by atoms with E-state index < -0.39 is 29.4 Å². The highest BCUT2D eigenvalue weighted by molar-refractivity contribution is 7.23. The number of nitrogens with one attached hydrogen (secondary N) is 1. The number of primary amides is 1. The van der Waals surface area contributed by atoms with Gasteiger partial charge in [-0.05, 0) is 30.3 Å². The van der Waals surface area contributed by atoms with Crippen LogP contribution < -0.4 is 15.8 Å². The van der Waals surface area contributed by atoms with Crippen molar-refractivity contribution in [3.05, 3.63) is 52.2 Å². The summed E-state index contributed by atoms with van der Waals surface area (Å²) in [5, 5.41) is 2.96. The average molecular weight is 539 g/mol. The summed E-state index contributed by atoms with van der Waals surface area (Å²) in [6.07, 6.45) is -3.79. The molecular weight excluding hydrogens is 521 g/mol. The van der Waals surface area contributed by atoms with Crippen LogP contribution in [0.25, 0.3) is 10.2 Å². The Bertz CT molecular complexity index is 1420. The number of hydrogen-bond donors (Lipinski definition) is 2. The summed E-state index contributed by atoms with van der Waals surface area (Å²) in [6.45, 7) is 0.465. The van der Waals surface area contributed by atoms with Crippen LogP contribution in [-0.2, 0) is 6.18 Å². The number of likely N-dealkylation sites (tertiary alicyclic amines) is 1. The van der Waals surface area contributed by atoms with Gasteiger partial charge in [0.05, 0.1) is 17.5 Å². The molecular formula is C23H18ClF3N4O4S. The lowest BCUT2D eigenvalue weighted by molar-refractivity contribution is -0.140. The van der Waals surface area contributed by atoms with Crippen molar-refractivity contribution < 1.29 is 32.3 Å². The Labute approximate surface area is 211 Å². The second kappa shape index (κ2) is 8.63. The molecule has 36 heavy (non-hydrogen) atoms. The maximum absolute atomic E-state index is 13.5. The van der Waals surface area contributed by atoms with Gasteiger partial charge >= 0.3 is 12.2 Å². The first-order chi connectivity index (χ1) is 17.0. The summed E-state index contributed by atoms with van der Waals surface area (Å²) in [7, 11) is 0. The number of hydrogen-bond acceptors (Lipinski definition) is 6. The van der Waals surface area contributed by atoms with Crippen molar-refractivity contribution in [1.82, 2.24) is 9.88 Å². The molecule has 1 saturated heterocycles. The molecule has 1 aromatic carbocycles. The molecule has 0 unspecified atom stereocenters. The van der Waals surface area contributed by atoms with Crippen LogP contribution in [0.2, 0.25) is 5.02 Å². The molecule has 0 aliphatic carbocycles. The minimum absolute atomic E-state index is 0.0181. The SMILES string of the molecule is NC(=O)Nc1sc2nc(C(F)(F)F)ccc2c1C(=O)N1CCC2(CC1)CC(=O)c1cc(Cl)ccc1O2. The molecule has 0 bridgehead atoms. The minimum atomic E-state index is -4.66. The number of benzene rings is 1. The Morgan fingerprint density at radius 1 is 1.19 bits per heavy atom. The Hall–Kier alpha value is -3.38. The fraction of sp³-hybridized carbons (Fsp3) is 0.304. The fourth-order valence-electron chi connectivity index (χ4n) is 4.57. The van der Waals surface area contributed by atoms with E-state index in [4.69, 9.17) is 22.1 Å². The highest BCUT2D eigenvalue weighted by Gasteiger charge is 2.44. The number of urea groups is 1. The van der Waals surface area contributed by atoms with Crippen LogP contribution in [0.15, 0.2) is 30.3 Å². The van der Waals surface area contributed by atoms with Gasteiger partial charge in [0.2, 0.25) is 0 Å². The maximum atomic E-state index is 13.5. The number of rotatable bonds is 2. The standard InChI is InChI=1S/C23H18ClF3N4O4S/c24-11-1-3-15-13(9-11)14(32)10-22(35-15)5-7-31(8-6-22)20(33)17-12-2-4-16(23(25,26)27)29-18(12)36-19(17)30-21(28)34/h1-4,9H,5-8,10H2,(H3,28,30,34).